The summed E-state index contributed by atoms with van der Waals surface area (Å²) in [6.07, 6.45) is 1.05. The van der Waals surface area contributed by atoms with Crippen LogP contribution in [0.1, 0.15) is 30.2 Å². The van der Waals surface area contributed by atoms with Crippen LogP contribution in [0.25, 0.3) is 0 Å². The van der Waals surface area contributed by atoms with Crippen LogP contribution in [0.15, 0.2) is 16.5 Å². The number of rotatable bonds is 6. The average molecular weight is 303 g/mol. The standard InChI is InChI=1S/C12H17NO6S/c1-7(2)10(12(15)16)13-11(14)9-5-4-8(19-9)6-20(3,17)18/h4-5,7,10H,6H2,1-3H3,(H,13,14)(H,15,16). The third-order valence-electron chi connectivity index (χ3n) is 2.51. The summed E-state index contributed by atoms with van der Waals surface area (Å²) in [4.78, 5) is 22.8. The van der Waals surface area contributed by atoms with Crippen molar-refractivity contribution >= 4 is 21.7 Å². The molecule has 1 aromatic heterocycles. The summed E-state index contributed by atoms with van der Waals surface area (Å²) >= 11 is 0. The first-order valence-electron chi connectivity index (χ1n) is 5.90. The fourth-order valence-corrected chi connectivity index (χ4v) is 2.23. The molecule has 1 heterocycles. The topological polar surface area (TPSA) is 114 Å². The number of carboxylic acid groups (broad SMARTS) is 1. The molecule has 7 nitrogen and oxygen atoms in total. The van der Waals surface area contributed by atoms with Gasteiger partial charge in [0.05, 0.1) is 0 Å². The molecule has 0 fully saturated rings. The van der Waals surface area contributed by atoms with Gasteiger partial charge in [-0.25, -0.2) is 13.2 Å². The third-order valence-corrected chi connectivity index (χ3v) is 3.32. The van der Waals surface area contributed by atoms with E-state index in [0.29, 0.717) is 0 Å². The lowest BCUT2D eigenvalue weighted by Gasteiger charge is -2.16. The number of amides is 1. The summed E-state index contributed by atoms with van der Waals surface area (Å²) in [5.41, 5.74) is 0. The maximum Gasteiger partial charge on any atom is 0.326 e. The summed E-state index contributed by atoms with van der Waals surface area (Å²) in [7, 11) is -3.26. The Morgan fingerprint density at radius 1 is 1.35 bits per heavy atom. The number of nitrogens with one attached hydrogen (secondary N) is 1. The van der Waals surface area contributed by atoms with Gasteiger partial charge >= 0.3 is 5.97 Å². The largest absolute Gasteiger partial charge is 0.480 e. The van der Waals surface area contributed by atoms with Gasteiger partial charge in [-0.1, -0.05) is 13.8 Å². The highest BCUT2D eigenvalue weighted by atomic mass is 32.2. The van der Waals surface area contributed by atoms with Crippen LogP contribution in [0.2, 0.25) is 0 Å². The highest BCUT2D eigenvalue weighted by molar-refractivity contribution is 7.89. The first-order chi connectivity index (χ1) is 9.10. The van der Waals surface area contributed by atoms with E-state index in [1.54, 1.807) is 13.8 Å². The number of sulfone groups is 1. The van der Waals surface area contributed by atoms with Gasteiger partial charge < -0.3 is 14.8 Å². The van der Waals surface area contributed by atoms with Crippen molar-refractivity contribution in [2.45, 2.75) is 25.6 Å². The lowest BCUT2D eigenvalue weighted by atomic mass is 10.0. The van der Waals surface area contributed by atoms with Crippen LogP contribution in [0.4, 0.5) is 0 Å². The molecule has 8 heteroatoms. The Morgan fingerprint density at radius 2 is 1.95 bits per heavy atom. The van der Waals surface area contributed by atoms with Crippen LogP contribution in [0, 0.1) is 5.92 Å². The maximum atomic E-state index is 11.8. The van der Waals surface area contributed by atoms with Gasteiger partial charge in [0.1, 0.15) is 17.6 Å². The lowest BCUT2D eigenvalue weighted by molar-refractivity contribution is -0.140. The minimum atomic E-state index is -3.26. The Balaban J connectivity index is 2.81. The second-order valence-corrected chi connectivity index (χ2v) is 7.01. The molecule has 2 N–H and O–H groups in total. The van der Waals surface area contributed by atoms with Crippen LogP contribution in [-0.2, 0) is 20.4 Å². The molecular formula is C12H17NO6S. The van der Waals surface area contributed by atoms with Gasteiger partial charge in [0.25, 0.3) is 5.91 Å². The molecule has 0 aromatic carbocycles. The van der Waals surface area contributed by atoms with Gasteiger partial charge in [-0.2, -0.15) is 0 Å². The zero-order valence-corrected chi connectivity index (χ0v) is 12.2. The van der Waals surface area contributed by atoms with E-state index >= 15 is 0 Å². The molecule has 112 valence electrons. The number of aliphatic carboxylic acids is 1. The maximum absolute atomic E-state index is 11.8. The SMILES string of the molecule is CC(C)C(NC(=O)c1ccc(CS(C)(=O)=O)o1)C(=O)O. The minimum Gasteiger partial charge on any atom is -0.480 e. The molecule has 1 rings (SSSR count). The summed E-state index contributed by atoms with van der Waals surface area (Å²) in [6, 6.07) is 1.65. The quantitative estimate of drug-likeness (QED) is 0.798. The van der Waals surface area contributed by atoms with Crippen LogP contribution >= 0.6 is 0 Å². The highest BCUT2D eigenvalue weighted by Crippen LogP contribution is 2.12. The number of carboxylic acids is 1. The van der Waals surface area contributed by atoms with Crippen molar-refractivity contribution in [2.75, 3.05) is 6.26 Å². The fraction of sp³-hybridized carbons (Fsp3) is 0.500. The summed E-state index contributed by atoms with van der Waals surface area (Å²) in [6.45, 7) is 3.33. The number of furan rings is 1. The van der Waals surface area contributed by atoms with Gasteiger partial charge in [-0.05, 0) is 18.1 Å². The van der Waals surface area contributed by atoms with E-state index in [-0.39, 0.29) is 23.2 Å². The molecule has 1 unspecified atom stereocenters. The molecule has 0 aliphatic rings. The van der Waals surface area contributed by atoms with Crippen molar-refractivity contribution in [1.82, 2.24) is 5.32 Å². The van der Waals surface area contributed by atoms with Crippen molar-refractivity contribution in [3.05, 3.63) is 23.7 Å². The smallest absolute Gasteiger partial charge is 0.326 e. The number of hydrogen-bond acceptors (Lipinski definition) is 5. The van der Waals surface area contributed by atoms with Gasteiger partial charge in [-0.3, -0.25) is 4.79 Å². The van der Waals surface area contributed by atoms with Gasteiger partial charge in [0.2, 0.25) is 0 Å². The van der Waals surface area contributed by atoms with Gasteiger partial charge in [0.15, 0.2) is 15.6 Å². The van der Waals surface area contributed by atoms with E-state index < -0.39 is 27.8 Å². The van der Waals surface area contributed by atoms with Crippen LogP contribution in [0.5, 0.6) is 0 Å². The molecule has 0 aliphatic heterocycles. The zero-order chi connectivity index (χ0) is 15.5. The van der Waals surface area contributed by atoms with E-state index in [9.17, 15) is 18.0 Å². The van der Waals surface area contributed by atoms with Crippen molar-refractivity contribution in [3.8, 4) is 0 Å². The van der Waals surface area contributed by atoms with Crippen LogP contribution in [-0.4, -0.2) is 37.7 Å². The third kappa shape index (κ3) is 4.69. The predicted octanol–water partition coefficient (Wildman–Crippen LogP) is 0.663. The molecule has 1 amide bonds. The molecule has 0 spiro atoms. The molecule has 1 aromatic rings. The Hall–Kier alpha value is -1.83. The zero-order valence-electron chi connectivity index (χ0n) is 11.4. The van der Waals surface area contributed by atoms with Crippen LogP contribution in [0.3, 0.4) is 0 Å². The Bertz CT molecular complexity index is 601. The summed E-state index contributed by atoms with van der Waals surface area (Å²) < 4.78 is 27.3. The van der Waals surface area contributed by atoms with E-state index in [1.807, 2.05) is 0 Å². The van der Waals surface area contributed by atoms with Gasteiger partial charge in [0, 0.05) is 6.26 Å². The monoisotopic (exact) mass is 303 g/mol. The summed E-state index contributed by atoms with van der Waals surface area (Å²) in [5, 5.41) is 11.3. The summed E-state index contributed by atoms with van der Waals surface area (Å²) in [5.74, 6) is -2.42. The van der Waals surface area contributed by atoms with E-state index in [1.165, 1.54) is 12.1 Å². The molecular weight excluding hydrogens is 286 g/mol. The predicted molar refractivity (Wildman–Crippen MR) is 71.0 cm³/mol. The second kappa shape index (κ2) is 6.08. The van der Waals surface area contributed by atoms with E-state index in [0.717, 1.165) is 6.26 Å². The Kier molecular flexibility index (Phi) is 4.93. The van der Waals surface area contributed by atoms with Crippen molar-refractivity contribution in [2.24, 2.45) is 5.92 Å². The molecule has 0 saturated carbocycles. The normalized spacial score (nSPS) is 13.2. The van der Waals surface area contributed by atoms with Crippen LogP contribution < -0.4 is 5.32 Å². The first-order valence-corrected chi connectivity index (χ1v) is 7.96. The van der Waals surface area contributed by atoms with Crippen molar-refractivity contribution in [3.63, 3.8) is 0 Å². The average Bonchev–Trinajstić information content (AvgIpc) is 2.70. The van der Waals surface area contributed by atoms with Gasteiger partial charge in [-0.15, -0.1) is 0 Å². The number of carbonyl (C=O) groups is 2. The Morgan fingerprint density at radius 3 is 2.40 bits per heavy atom. The highest BCUT2D eigenvalue weighted by Gasteiger charge is 2.25. The molecule has 20 heavy (non-hydrogen) atoms. The van der Waals surface area contributed by atoms with E-state index in [4.69, 9.17) is 9.52 Å². The molecule has 0 bridgehead atoms. The minimum absolute atomic E-state index is 0.115. The molecule has 0 radical (unpaired) electrons. The first kappa shape index (κ1) is 16.2. The van der Waals surface area contributed by atoms with Crippen molar-refractivity contribution in [1.29, 1.82) is 0 Å². The lowest BCUT2D eigenvalue weighted by Crippen LogP contribution is -2.44. The molecule has 0 aliphatic carbocycles. The van der Waals surface area contributed by atoms with E-state index in [2.05, 4.69) is 5.32 Å². The second-order valence-electron chi connectivity index (χ2n) is 4.87. The molecule has 0 saturated heterocycles. The van der Waals surface area contributed by atoms with Crippen molar-refractivity contribution < 1.29 is 27.5 Å². The number of carbonyl (C=O) groups excluding carboxylic acids is 1. The molecule has 1 atom stereocenters. The fourth-order valence-electron chi connectivity index (χ4n) is 1.56. The number of hydrogen-bond donors (Lipinski definition) is 2. The Labute approximate surface area is 116 Å².